The second-order valence-electron chi connectivity index (χ2n) is 5.53. The van der Waals surface area contributed by atoms with E-state index in [0.717, 1.165) is 5.56 Å². The molecule has 0 N–H and O–H groups in total. The number of hydrogen-bond acceptors (Lipinski definition) is 4. The van der Waals surface area contributed by atoms with Crippen LogP contribution in [0.25, 0.3) is 0 Å². The Morgan fingerprint density at radius 1 is 1.17 bits per heavy atom. The van der Waals surface area contributed by atoms with Gasteiger partial charge < -0.3 is 4.74 Å². The van der Waals surface area contributed by atoms with Crippen LogP contribution < -0.4 is 0 Å². The van der Waals surface area contributed by atoms with Crippen molar-refractivity contribution >= 4 is 29.2 Å². The highest BCUT2D eigenvalue weighted by atomic mass is 35.5. The fourth-order valence-corrected chi connectivity index (χ4v) is 2.84. The average Bonchev–Trinajstić information content (AvgIpc) is 2.57. The van der Waals surface area contributed by atoms with Crippen molar-refractivity contribution in [3.63, 3.8) is 0 Å². The van der Waals surface area contributed by atoms with Gasteiger partial charge >= 0.3 is 5.97 Å². The molecular weight excluding hydrogens is 328 g/mol. The lowest BCUT2D eigenvalue weighted by Crippen LogP contribution is -2.43. The highest BCUT2D eigenvalue weighted by Crippen LogP contribution is 2.34. The first-order valence-corrected chi connectivity index (χ1v) is 8.46. The molecule has 132 valence electrons. The third-order valence-electron chi connectivity index (χ3n) is 4.18. The lowest BCUT2D eigenvalue weighted by Gasteiger charge is -2.33. The first-order valence-electron chi connectivity index (χ1n) is 8.08. The number of esters is 1. The smallest absolute Gasteiger partial charge is 0.354 e. The molecule has 0 unspecified atom stereocenters. The molecule has 24 heavy (non-hydrogen) atoms. The lowest BCUT2D eigenvalue weighted by atomic mass is 9.75. The molecule has 0 bridgehead atoms. The fourth-order valence-electron chi connectivity index (χ4n) is 2.71. The van der Waals surface area contributed by atoms with Crippen molar-refractivity contribution in [1.29, 1.82) is 0 Å². The SMILES string of the molecule is CCOC(=O)C(C)=NN(C)C(=O)C(CC)(CC)c1ccc(Cl)cc1. The molecule has 5 nitrogen and oxygen atoms in total. The summed E-state index contributed by atoms with van der Waals surface area (Å²) in [5.74, 6) is -0.694. The Hall–Kier alpha value is -1.88. The molecule has 0 saturated carbocycles. The van der Waals surface area contributed by atoms with Crippen molar-refractivity contribution in [2.24, 2.45) is 5.10 Å². The van der Waals surface area contributed by atoms with Crippen LogP contribution in [0, 0.1) is 0 Å². The van der Waals surface area contributed by atoms with Crippen LogP contribution in [0.3, 0.4) is 0 Å². The van der Waals surface area contributed by atoms with Crippen LogP contribution in [0.2, 0.25) is 5.02 Å². The number of likely N-dealkylation sites (N-methyl/N-ethyl adjacent to an activating group) is 1. The van der Waals surface area contributed by atoms with Crippen LogP contribution in [0.4, 0.5) is 0 Å². The largest absolute Gasteiger partial charge is 0.461 e. The summed E-state index contributed by atoms with van der Waals surface area (Å²) in [4.78, 5) is 24.8. The molecule has 0 spiro atoms. The third-order valence-corrected chi connectivity index (χ3v) is 4.43. The Bertz CT molecular complexity index is 607. The van der Waals surface area contributed by atoms with E-state index >= 15 is 0 Å². The van der Waals surface area contributed by atoms with Crippen LogP contribution in [0.15, 0.2) is 29.4 Å². The molecule has 0 aliphatic carbocycles. The number of ether oxygens (including phenoxy) is 1. The molecule has 1 amide bonds. The second kappa shape index (κ2) is 8.83. The Morgan fingerprint density at radius 2 is 1.71 bits per heavy atom. The second-order valence-corrected chi connectivity index (χ2v) is 5.97. The lowest BCUT2D eigenvalue weighted by molar-refractivity contribution is -0.137. The molecule has 1 aromatic rings. The maximum Gasteiger partial charge on any atom is 0.354 e. The van der Waals surface area contributed by atoms with Crippen molar-refractivity contribution in [3.8, 4) is 0 Å². The predicted octanol–water partition coefficient (Wildman–Crippen LogP) is 3.80. The zero-order chi connectivity index (χ0) is 18.3. The highest BCUT2D eigenvalue weighted by Gasteiger charge is 2.39. The van der Waals surface area contributed by atoms with E-state index in [1.54, 1.807) is 26.1 Å². The van der Waals surface area contributed by atoms with E-state index in [0.29, 0.717) is 17.9 Å². The summed E-state index contributed by atoms with van der Waals surface area (Å²) in [5.41, 5.74) is 0.320. The van der Waals surface area contributed by atoms with E-state index in [-0.39, 0.29) is 18.2 Å². The fraction of sp³-hybridized carbons (Fsp3) is 0.500. The number of amides is 1. The van der Waals surface area contributed by atoms with Crippen LogP contribution in [-0.4, -0.2) is 36.3 Å². The molecule has 0 saturated heterocycles. The maximum atomic E-state index is 13.1. The van der Waals surface area contributed by atoms with E-state index < -0.39 is 11.4 Å². The van der Waals surface area contributed by atoms with E-state index in [2.05, 4.69) is 5.10 Å². The molecule has 0 fully saturated rings. The molecular formula is C18H25ClN2O3. The van der Waals surface area contributed by atoms with Gasteiger partial charge in [-0.15, -0.1) is 0 Å². The monoisotopic (exact) mass is 352 g/mol. The maximum absolute atomic E-state index is 13.1. The van der Waals surface area contributed by atoms with Gasteiger partial charge in [-0.2, -0.15) is 5.10 Å². The van der Waals surface area contributed by atoms with E-state index in [1.165, 1.54) is 11.9 Å². The van der Waals surface area contributed by atoms with Crippen molar-refractivity contribution in [2.45, 2.75) is 46.0 Å². The Morgan fingerprint density at radius 3 is 2.17 bits per heavy atom. The number of carbonyl (C=O) groups is 2. The first-order chi connectivity index (χ1) is 11.3. The van der Waals surface area contributed by atoms with Gasteiger partial charge in [0.25, 0.3) is 5.91 Å². The number of rotatable bonds is 7. The standard InChI is InChI=1S/C18H25ClN2O3/c1-6-18(7-2,14-9-11-15(19)12-10-14)17(23)21(5)20-13(4)16(22)24-8-3/h9-12H,6-8H2,1-5H3. The number of nitrogens with zero attached hydrogens (tertiary/aromatic N) is 2. The molecule has 0 aliphatic heterocycles. The molecule has 0 atom stereocenters. The Balaban J connectivity index is 3.16. The van der Waals surface area contributed by atoms with Gasteiger partial charge in [0.2, 0.25) is 0 Å². The summed E-state index contributed by atoms with van der Waals surface area (Å²) >= 11 is 5.96. The molecule has 0 heterocycles. The third kappa shape index (κ3) is 4.35. The van der Waals surface area contributed by atoms with Gasteiger partial charge in [-0.1, -0.05) is 37.6 Å². The van der Waals surface area contributed by atoms with Crippen LogP contribution >= 0.6 is 11.6 Å². The van der Waals surface area contributed by atoms with Crippen molar-refractivity contribution in [2.75, 3.05) is 13.7 Å². The molecule has 1 aromatic carbocycles. The van der Waals surface area contributed by atoms with Crippen molar-refractivity contribution in [3.05, 3.63) is 34.9 Å². The topological polar surface area (TPSA) is 59.0 Å². The van der Waals surface area contributed by atoms with E-state index in [4.69, 9.17) is 16.3 Å². The van der Waals surface area contributed by atoms with Crippen molar-refractivity contribution in [1.82, 2.24) is 5.01 Å². The van der Waals surface area contributed by atoms with Gasteiger partial charge in [0.1, 0.15) is 5.71 Å². The van der Waals surface area contributed by atoms with Gasteiger partial charge in [0.15, 0.2) is 0 Å². The number of benzene rings is 1. The quantitative estimate of drug-likeness (QED) is 0.426. The zero-order valence-corrected chi connectivity index (χ0v) is 15.7. The summed E-state index contributed by atoms with van der Waals surface area (Å²) in [6, 6.07) is 7.28. The van der Waals surface area contributed by atoms with Gasteiger partial charge in [-0.3, -0.25) is 4.79 Å². The minimum absolute atomic E-state index is 0.143. The predicted molar refractivity (Wildman–Crippen MR) is 96.2 cm³/mol. The minimum Gasteiger partial charge on any atom is -0.461 e. The summed E-state index contributed by atoms with van der Waals surface area (Å²) in [7, 11) is 1.56. The minimum atomic E-state index is -0.711. The number of carbonyl (C=O) groups excluding carboxylic acids is 2. The van der Waals surface area contributed by atoms with Gasteiger partial charge in [-0.25, -0.2) is 9.80 Å². The Kier molecular flexibility index (Phi) is 7.42. The molecule has 1 rings (SSSR count). The summed E-state index contributed by atoms with van der Waals surface area (Å²) in [5, 5.41) is 5.95. The van der Waals surface area contributed by atoms with Crippen molar-refractivity contribution < 1.29 is 14.3 Å². The molecule has 0 radical (unpaired) electrons. The normalized spacial score (nSPS) is 12.0. The van der Waals surface area contributed by atoms with Crippen LogP contribution in [0.5, 0.6) is 0 Å². The number of hydrazone groups is 1. The molecule has 6 heteroatoms. The number of hydrogen-bond donors (Lipinski definition) is 0. The van der Waals surface area contributed by atoms with Crippen LogP contribution in [-0.2, 0) is 19.7 Å². The Labute approximate surface area is 148 Å². The van der Waals surface area contributed by atoms with Gasteiger partial charge in [-0.05, 0) is 44.4 Å². The summed E-state index contributed by atoms with van der Waals surface area (Å²) < 4.78 is 4.90. The van der Waals surface area contributed by atoms with E-state index in [1.807, 2.05) is 26.0 Å². The zero-order valence-electron chi connectivity index (χ0n) is 14.9. The first kappa shape index (κ1) is 20.2. The van der Waals surface area contributed by atoms with Gasteiger partial charge in [0.05, 0.1) is 12.0 Å². The number of halogens is 1. The van der Waals surface area contributed by atoms with Crippen LogP contribution in [0.1, 0.15) is 46.1 Å². The summed E-state index contributed by atoms with van der Waals surface area (Å²) in [6.45, 7) is 7.45. The van der Waals surface area contributed by atoms with Gasteiger partial charge in [0, 0.05) is 12.1 Å². The average molecular weight is 353 g/mol. The molecule has 0 aliphatic rings. The highest BCUT2D eigenvalue weighted by molar-refractivity contribution is 6.35. The molecule has 0 aromatic heterocycles. The summed E-state index contributed by atoms with van der Waals surface area (Å²) in [6.07, 6.45) is 1.23. The van der Waals surface area contributed by atoms with E-state index in [9.17, 15) is 9.59 Å².